The Morgan fingerprint density at radius 3 is 2.88 bits per heavy atom. The summed E-state index contributed by atoms with van der Waals surface area (Å²) in [6.45, 7) is 3.97. The first-order valence-corrected chi connectivity index (χ1v) is 6.85. The molecule has 0 radical (unpaired) electrons. The fourth-order valence-electron chi connectivity index (χ4n) is 1.28. The van der Waals surface area contributed by atoms with E-state index in [9.17, 15) is 0 Å². The first-order chi connectivity index (χ1) is 8.24. The Morgan fingerprint density at radius 2 is 2.29 bits per heavy atom. The molecule has 0 amide bonds. The van der Waals surface area contributed by atoms with Crippen molar-refractivity contribution in [2.24, 2.45) is 5.84 Å². The number of thiazole rings is 1. The van der Waals surface area contributed by atoms with Crippen LogP contribution in [0.2, 0.25) is 0 Å². The normalized spacial score (nSPS) is 10.5. The molecule has 0 unspecified atom stereocenters. The molecule has 0 saturated heterocycles. The van der Waals surface area contributed by atoms with E-state index in [1.807, 2.05) is 19.2 Å². The van der Waals surface area contributed by atoms with Crippen LogP contribution in [0.4, 0.5) is 5.82 Å². The zero-order valence-electron chi connectivity index (χ0n) is 9.60. The molecule has 0 spiro atoms. The summed E-state index contributed by atoms with van der Waals surface area (Å²) in [4.78, 5) is 13.1. The fourth-order valence-corrected chi connectivity index (χ4v) is 2.92. The van der Waals surface area contributed by atoms with Crippen molar-refractivity contribution in [2.75, 3.05) is 5.43 Å². The van der Waals surface area contributed by atoms with Gasteiger partial charge in [0.1, 0.15) is 16.7 Å². The largest absolute Gasteiger partial charge is 0.308 e. The van der Waals surface area contributed by atoms with E-state index in [0.29, 0.717) is 5.82 Å². The average Bonchev–Trinajstić information content (AvgIpc) is 2.84. The highest BCUT2D eigenvalue weighted by molar-refractivity contribution is 8.01. The van der Waals surface area contributed by atoms with E-state index in [2.05, 4.69) is 20.4 Å². The van der Waals surface area contributed by atoms with Crippen LogP contribution in [-0.4, -0.2) is 15.0 Å². The minimum Gasteiger partial charge on any atom is -0.308 e. The second-order valence-corrected chi connectivity index (χ2v) is 5.45. The van der Waals surface area contributed by atoms with E-state index < -0.39 is 0 Å². The summed E-state index contributed by atoms with van der Waals surface area (Å²) in [6.07, 6.45) is 2.56. The molecular weight excluding hydrogens is 254 g/mol. The SMILES string of the molecule is CCc1nc(NN)c(C)c(Sc2nccs2)n1. The Morgan fingerprint density at radius 1 is 1.47 bits per heavy atom. The molecule has 2 aromatic heterocycles. The monoisotopic (exact) mass is 267 g/mol. The van der Waals surface area contributed by atoms with Gasteiger partial charge in [0, 0.05) is 23.6 Å². The third kappa shape index (κ3) is 2.74. The standard InChI is InChI=1S/C10H13N5S2/c1-3-7-13-8(15-11)6(2)9(14-7)17-10-12-4-5-16-10/h4-5H,3,11H2,1-2H3,(H,13,14,15). The van der Waals surface area contributed by atoms with Crippen molar-refractivity contribution < 1.29 is 0 Å². The molecule has 0 aliphatic rings. The second-order valence-electron chi connectivity index (χ2n) is 3.32. The topological polar surface area (TPSA) is 76.7 Å². The number of hydrazine groups is 1. The van der Waals surface area contributed by atoms with E-state index in [0.717, 1.165) is 27.2 Å². The lowest BCUT2D eigenvalue weighted by Gasteiger charge is -2.09. The molecule has 7 heteroatoms. The first-order valence-electron chi connectivity index (χ1n) is 5.16. The highest BCUT2D eigenvalue weighted by atomic mass is 32.2. The van der Waals surface area contributed by atoms with Crippen LogP contribution in [0, 0.1) is 6.92 Å². The summed E-state index contributed by atoms with van der Waals surface area (Å²) in [5.41, 5.74) is 3.56. The van der Waals surface area contributed by atoms with Gasteiger partial charge in [-0.1, -0.05) is 6.92 Å². The van der Waals surface area contributed by atoms with Crippen molar-refractivity contribution in [2.45, 2.75) is 29.6 Å². The molecule has 0 saturated carbocycles. The Hall–Kier alpha value is -1.18. The second kappa shape index (κ2) is 5.44. The molecule has 0 bridgehead atoms. The predicted molar refractivity (Wildman–Crippen MR) is 70.2 cm³/mol. The van der Waals surface area contributed by atoms with Crippen molar-refractivity contribution in [3.8, 4) is 0 Å². The lowest BCUT2D eigenvalue weighted by molar-refractivity contribution is 0.871. The molecule has 2 heterocycles. The molecule has 5 nitrogen and oxygen atoms in total. The van der Waals surface area contributed by atoms with Crippen molar-refractivity contribution in [3.63, 3.8) is 0 Å². The van der Waals surface area contributed by atoms with Crippen molar-refractivity contribution in [1.29, 1.82) is 0 Å². The predicted octanol–water partition coefficient (Wildman–Crippen LogP) is 2.24. The molecule has 2 aromatic rings. The third-order valence-electron chi connectivity index (χ3n) is 2.19. The number of nitrogens with two attached hydrogens (primary N) is 1. The highest BCUT2D eigenvalue weighted by Crippen LogP contribution is 2.32. The van der Waals surface area contributed by atoms with Crippen molar-refractivity contribution in [3.05, 3.63) is 23.0 Å². The minimum atomic E-state index is 0.677. The first kappa shape index (κ1) is 12.3. The molecule has 90 valence electrons. The van der Waals surface area contributed by atoms with Crippen LogP contribution in [0.25, 0.3) is 0 Å². The van der Waals surface area contributed by atoms with Crippen LogP contribution in [-0.2, 0) is 6.42 Å². The number of hydrogen-bond acceptors (Lipinski definition) is 7. The van der Waals surface area contributed by atoms with E-state index >= 15 is 0 Å². The Labute approximate surface area is 108 Å². The zero-order chi connectivity index (χ0) is 12.3. The summed E-state index contributed by atoms with van der Waals surface area (Å²) in [5.74, 6) is 6.91. The van der Waals surface area contributed by atoms with Gasteiger partial charge in [-0.25, -0.2) is 20.8 Å². The van der Waals surface area contributed by atoms with Gasteiger partial charge in [-0.15, -0.1) is 11.3 Å². The van der Waals surface area contributed by atoms with Crippen molar-refractivity contribution in [1.82, 2.24) is 15.0 Å². The van der Waals surface area contributed by atoms with Crippen LogP contribution in [0.1, 0.15) is 18.3 Å². The molecule has 0 atom stereocenters. The van der Waals surface area contributed by atoms with Gasteiger partial charge in [-0.05, 0) is 18.7 Å². The van der Waals surface area contributed by atoms with Crippen LogP contribution in [0.3, 0.4) is 0 Å². The number of aryl methyl sites for hydroxylation is 1. The van der Waals surface area contributed by atoms with E-state index in [-0.39, 0.29) is 0 Å². The van der Waals surface area contributed by atoms with Crippen molar-refractivity contribution >= 4 is 28.9 Å². The molecule has 0 fully saturated rings. The molecule has 0 aromatic carbocycles. The smallest absolute Gasteiger partial charge is 0.156 e. The number of aromatic nitrogens is 3. The number of nitrogens with one attached hydrogen (secondary N) is 1. The maximum absolute atomic E-state index is 5.45. The van der Waals surface area contributed by atoms with Gasteiger partial charge in [0.2, 0.25) is 0 Å². The van der Waals surface area contributed by atoms with Gasteiger partial charge in [0.15, 0.2) is 4.34 Å². The Balaban J connectivity index is 2.38. The quantitative estimate of drug-likeness (QED) is 0.502. The number of hydrogen-bond donors (Lipinski definition) is 2. The van der Waals surface area contributed by atoms with Crippen LogP contribution < -0.4 is 11.3 Å². The van der Waals surface area contributed by atoms with Crippen LogP contribution in [0.5, 0.6) is 0 Å². The summed E-state index contributed by atoms with van der Waals surface area (Å²) < 4.78 is 0.969. The Kier molecular flexibility index (Phi) is 3.93. The average molecular weight is 267 g/mol. The molecule has 0 aliphatic carbocycles. The van der Waals surface area contributed by atoms with Crippen LogP contribution >= 0.6 is 23.1 Å². The van der Waals surface area contributed by atoms with Gasteiger partial charge in [0.25, 0.3) is 0 Å². The summed E-state index contributed by atoms with van der Waals surface area (Å²) >= 11 is 3.13. The molecule has 0 aliphatic heterocycles. The molecular formula is C10H13N5S2. The Bertz CT molecular complexity index is 498. The van der Waals surface area contributed by atoms with Gasteiger partial charge >= 0.3 is 0 Å². The number of anilines is 1. The number of rotatable bonds is 4. The van der Waals surface area contributed by atoms with E-state index in [1.54, 1.807) is 29.3 Å². The molecule has 2 rings (SSSR count). The lowest BCUT2D eigenvalue weighted by atomic mass is 10.3. The summed E-state index contributed by atoms with van der Waals surface area (Å²) in [7, 11) is 0. The maximum Gasteiger partial charge on any atom is 0.156 e. The van der Waals surface area contributed by atoms with Crippen LogP contribution in [0.15, 0.2) is 20.9 Å². The highest BCUT2D eigenvalue weighted by Gasteiger charge is 2.11. The minimum absolute atomic E-state index is 0.677. The number of nitrogens with zero attached hydrogens (tertiary/aromatic N) is 3. The number of nitrogen functional groups attached to an aromatic ring is 1. The molecule has 3 N–H and O–H groups in total. The maximum atomic E-state index is 5.45. The fraction of sp³-hybridized carbons (Fsp3) is 0.300. The van der Waals surface area contributed by atoms with E-state index in [1.165, 1.54) is 0 Å². The zero-order valence-corrected chi connectivity index (χ0v) is 11.2. The summed E-state index contributed by atoms with van der Waals surface area (Å²) in [5, 5.41) is 2.85. The third-order valence-corrected chi connectivity index (χ3v) is 4.17. The van der Waals surface area contributed by atoms with Gasteiger partial charge < -0.3 is 5.43 Å². The van der Waals surface area contributed by atoms with Gasteiger partial charge in [-0.2, -0.15) is 0 Å². The van der Waals surface area contributed by atoms with Gasteiger partial charge in [0.05, 0.1) is 0 Å². The lowest BCUT2D eigenvalue weighted by Crippen LogP contribution is -2.13. The summed E-state index contributed by atoms with van der Waals surface area (Å²) in [6, 6.07) is 0. The molecule has 17 heavy (non-hydrogen) atoms. The van der Waals surface area contributed by atoms with Gasteiger partial charge in [-0.3, -0.25) is 0 Å². The van der Waals surface area contributed by atoms with E-state index in [4.69, 9.17) is 5.84 Å².